The standard InChI is InChI=1S/C14H20N4O2S/c1-4-15-8-12-7-13(10-18(12)3)21(19,20)17-14-9-16-6-5-11(14)2/h5-7,9-10,15,17H,4,8H2,1-3H3. The maximum Gasteiger partial charge on any atom is 0.263 e. The molecule has 0 aliphatic carbocycles. The van der Waals surface area contributed by atoms with Gasteiger partial charge in [-0.15, -0.1) is 0 Å². The summed E-state index contributed by atoms with van der Waals surface area (Å²) in [7, 11) is -1.77. The van der Waals surface area contributed by atoms with Gasteiger partial charge < -0.3 is 9.88 Å². The van der Waals surface area contributed by atoms with Gasteiger partial charge in [0.2, 0.25) is 0 Å². The highest BCUT2D eigenvalue weighted by Crippen LogP contribution is 2.20. The molecule has 0 fully saturated rings. The van der Waals surface area contributed by atoms with E-state index in [0.29, 0.717) is 12.2 Å². The Kier molecular flexibility index (Phi) is 4.64. The van der Waals surface area contributed by atoms with Gasteiger partial charge in [0.25, 0.3) is 10.0 Å². The second-order valence-electron chi connectivity index (χ2n) is 4.85. The highest BCUT2D eigenvalue weighted by atomic mass is 32.2. The molecule has 2 heterocycles. The van der Waals surface area contributed by atoms with E-state index in [0.717, 1.165) is 17.8 Å². The Morgan fingerprint density at radius 2 is 2.14 bits per heavy atom. The molecule has 2 N–H and O–H groups in total. The Morgan fingerprint density at radius 3 is 2.81 bits per heavy atom. The van der Waals surface area contributed by atoms with Gasteiger partial charge in [0, 0.05) is 31.7 Å². The van der Waals surface area contributed by atoms with Crippen LogP contribution in [0.5, 0.6) is 0 Å². The summed E-state index contributed by atoms with van der Waals surface area (Å²) in [6.45, 7) is 5.31. The molecule has 0 radical (unpaired) electrons. The zero-order chi connectivity index (χ0) is 15.5. The van der Waals surface area contributed by atoms with Crippen molar-refractivity contribution in [2.75, 3.05) is 11.3 Å². The van der Waals surface area contributed by atoms with E-state index in [1.54, 1.807) is 24.5 Å². The Hall–Kier alpha value is -1.86. The van der Waals surface area contributed by atoms with E-state index < -0.39 is 10.0 Å². The predicted molar refractivity (Wildman–Crippen MR) is 82.6 cm³/mol. The van der Waals surface area contributed by atoms with Gasteiger partial charge in [0.15, 0.2) is 0 Å². The summed E-state index contributed by atoms with van der Waals surface area (Å²) >= 11 is 0. The van der Waals surface area contributed by atoms with E-state index in [1.807, 2.05) is 25.5 Å². The van der Waals surface area contributed by atoms with Crippen LogP contribution in [0.15, 0.2) is 35.6 Å². The molecule has 114 valence electrons. The van der Waals surface area contributed by atoms with Crippen LogP contribution in [0.4, 0.5) is 5.69 Å². The van der Waals surface area contributed by atoms with E-state index in [9.17, 15) is 8.42 Å². The van der Waals surface area contributed by atoms with Crippen molar-refractivity contribution in [2.24, 2.45) is 7.05 Å². The molecule has 0 bridgehead atoms. The molecule has 2 aromatic rings. The molecule has 0 spiro atoms. The third kappa shape index (κ3) is 3.62. The zero-order valence-electron chi connectivity index (χ0n) is 12.4. The monoisotopic (exact) mass is 308 g/mol. The normalized spacial score (nSPS) is 11.6. The van der Waals surface area contributed by atoms with E-state index in [-0.39, 0.29) is 4.90 Å². The molecular weight excluding hydrogens is 288 g/mol. The van der Waals surface area contributed by atoms with Crippen LogP contribution in [0.3, 0.4) is 0 Å². The van der Waals surface area contributed by atoms with Gasteiger partial charge in [-0.05, 0) is 31.2 Å². The number of hydrogen-bond donors (Lipinski definition) is 2. The van der Waals surface area contributed by atoms with Crippen LogP contribution in [-0.4, -0.2) is 24.5 Å². The fourth-order valence-electron chi connectivity index (χ4n) is 1.93. The molecule has 7 heteroatoms. The summed E-state index contributed by atoms with van der Waals surface area (Å²) in [5, 5.41) is 3.18. The number of pyridine rings is 1. The van der Waals surface area contributed by atoms with Gasteiger partial charge in [-0.25, -0.2) is 8.42 Å². The van der Waals surface area contributed by atoms with Crippen molar-refractivity contribution < 1.29 is 8.42 Å². The molecule has 0 atom stereocenters. The van der Waals surface area contributed by atoms with Gasteiger partial charge in [-0.3, -0.25) is 9.71 Å². The minimum atomic E-state index is -3.60. The first-order valence-electron chi connectivity index (χ1n) is 6.73. The van der Waals surface area contributed by atoms with Crippen molar-refractivity contribution in [3.05, 3.63) is 42.0 Å². The molecule has 0 saturated carbocycles. The number of hydrogen-bond acceptors (Lipinski definition) is 4. The lowest BCUT2D eigenvalue weighted by Crippen LogP contribution is -2.14. The number of rotatable bonds is 6. The van der Waals surface area contributed by atoms with E-state index >= 15 is 0 Å². The van der Waals surface area contributed by atoms with Crippen molar-refractivity contribution in [3.63, 3.8) is 0 Å². The maximum atomic E-state index is 12.4. The van der Waals surface area contributed by atoms with Gasteiger partial charge >= 0.3 is 0 Å². The number of sulfonamides is 1. The average molecular weight is 308 g/mol. The molecule has 2 rings (SSSR count). The van der Waals surface area contributed by atoms with Crippen LogP contribution in [0.1, 0.15) is 18.2 Å². The summed E-state index contributed by atoms with van der Waals surface area (Å²) in [6, 6.07) is 3.44. The van der Waals surface area contributed by atoms with Gasteiger partial charge in [0.05, 0.1) is 11.9 Å². The third-order valence-electron chi connectivity index (χ3n) is 3.23. The van der Waals surface area contributed by atoms with Crippen LogP contribution in [0.2, 0.25) is 0 Å². The number of anilines is 1. The van der Waals surface area contributed by atoms with E-state index in [4.69, 9.17) is 0 Å². The molecule has 0 saturated heterocycles. The molecule has 0 aliphatic rings. The van der Waals surface area contributed by atoms with Gasteiger partial charge in [-0.2, -0.15) is 0 Å². The first kappa shape index (κ1) is 15.5. The quantitative estimate of drug-likeness (QED) is 0.850. The Morgan fingerprint density at radius 1 is 1.38 bits per heavy atom. The van der Waals surface area contributed by atoms with Gasteiger partial charge in [0.1, 0.15) is 4.90 Å². The Balaban J connectivity index is 2.26. The first-order chi connectivity index (χ1) is 9.94. The predicted octanol–water partition coefficient (Wildman–Crippen LogP) is 1.64. The third-order valence-corrected chi connectivity index (χ3v) is 4.57. The average Bonchev–Trinajstić information content (AvgIpc) is 2.81. The summed E-state index contributed by atoms with van der Waals surface area (Å²) in [6.07, 6.45) is 4.75. The zero-order valence-corrected chi connectivity index (χ0v) is 13.2. The van der Waals surface area contributed by atoms with Crippen LogP contribution in [0, 0.1) is 6.92 Å². The fraction of sp³-hybridized carbons (Fsp3) is 0.357. The maximum absolute atomic E-state index is 12.4. The Bertz CT molecular complexity index is 722. The highest BCUT2D eigenvalue weighted by molar-refractivity contribution is 7.92. The molecule has 6 nitrogen and oxygen atoms in total. The number of nitrogens with one attached hydrogen (secondary N) is 2. The summed E-state index contributed by atoms with van der Waals surface area (Å²) in [5.74, 6) is 0. The largest absolute Gasteiger partial charge is 0.352 e. The summed E-state index contributed by atoms with van der Waals surface area (Å²) < 4.78 is 29.2. The second kappa shape index (κ2) is 6.28. The lowest BCUT2D eigenvalue weighted by molar-refractivity contribution is 0.601. The number of aromatic nitrogens is 2. The SMILES string of the molecule is CCNCc1cc(S(=O)(=O)Nc2cnccc2C)cn1C. The summed E-state index contributed by atoms with van der Waals surface area (Å²) in [4.78, 5) is 4.20. The van der Waals surface area contributed by atoms with Crippen LogP contribution < -0.4 is 10.0 Å². The van der Waals surface area contributed by atoms with Crippen LogP contribution in [-0.2, 0) is 23.6 Å². The second-order valence-corrected chi connectivity index (χ2v) is 6.54. The molecule has 0 amide bonds. The minimum absolute atomic E-state index is 0.251. The lowest BCUT2D eigenvalue weighted by Gasteiger charge is -2.08. The highest BCUT2D eigenvalue weighted by Gasteiger charge is 2.18. The van der Waals surface area contributed by atoms with Gasteiger partial charge in [-0.1, -0.05) is 6.92 Å². The van der Waals surface area contributed by atoms with Crippen molar-refractivity contribution in [1.82, 2.24) is 14.9 Å². The lowest BCUT2D eigenvalue weighted by atomic mass is 10.3. The minimum Gasteiger partial charge on any atom is -0.352 e. The number of aryl methyl sites for hydroxylation is 2. The van der Waals surface area contributed by atoms with E-state index in [1.165, 1.54) is 6.20 Å². The topological polar surface area (TPSA) is 76.0 Å². The van der Waals surface area contributed by atoms with Crippen LogP contribution in [0.25, 0.3) is 0 Å². The van der Waals surface area contributed by atoms with E-state index in [2.05, 4.69) is 15.0 Å². The fourth-order valence-corrected chi connectivity index (χ4v) is 3.14. The smallest absolute Gasteiger partial charge is 0.263 e. The van der Waals surface area contributed by atoms with Crippen LogP contribution >= 0.6 is 0 Å². The molecule has 21 heavy (non-hydrogen) atoms. The molecular formula is C14H20N4O2S. The molecule has 0 aromatic carbocycles. The molecule has 2 aromatic heterocycles. The summed E-state index contributed by atoms with van der Waals surface area (Å²) in [5.41, 5.74) is 2.24. The molecule has 0 aliphatic heterocycles. The van der Waals surface area contributed by atoms with Crippen molar-refractivity contribution in [3.8, 4) is 0 Å². The molecule has 0 unspecified atom stereocenters. The van der Waals surface area contributed by atoms with Crippen molar-refractivity contribution in [2.45, 2.75) is 25.3 Å². The van der Waals surface area contributed by atoms with Crippen molar-refractivity contribution in [1.29, 1.82) is 0 Å². The first-order valence-corrected chi connectivity index (χ1v) is 8.21. The Labute approximate surface area is 125 Å². The number of nitrogens with zero attached hydrogens (tertiary/aromatic N) is 2. The van der Waals surface area contributed by atoms with Crippen molar-refractivity contribution >= 4 is 15.7 Å².